The number of imidazole rings is 1. The van der Waals surface area contributed by atoms with E-state index in [-0.39, 0.29) is 36.6 Å². The Morgan fingerprint density at radius 3 is 1.06 bits per heavy atom. The first-order valence-corrected chi connectivity index (χ1v) is 45.6. The van der Waals surface area contributed by atoms with Gasteiger partial charge in [0.2, 0.25) is 0 Å². The summed E-state index contributed by atoms with van der Waals surface area (Å²) in [6.45, 7) is 30.1. The van der Waals surface area contributed by atoms with Crippen molar-refractivity contribution in [1.29, 1.82) is 0 Å². The van der Waals surface area contributed by atoms with Gasteiger partial charge in [0.15, 0.2) is 28.4 Å². The molecule has 0 aliphatic carbocycles. The minimum Gasteiger partial charge on any atom is -0.444 e. The highest BCUT2D eigenvalue weighted by molar-refractivity contribution is 6.03. The molecule has 0 fully saturated rings. The average Bonchev–Trinajstić information content (AvgIpc) is 1.61. The summed E-state index contributed by atoms with van der Waals surface area (Å²) in [5, 5.41) is 35.6. The van der Waals surface area contributed by atoms with Gasteiger partial charge in [-0.15, -0.1) is 0 Å². The van der Waals surface area contributed by atoms with E-state index in [4.69, 9.17) is 48.1 Å². The van der Waals surface area contributed by atoms with Gasteiger partial charge in [-0.3, -0.25) is 29.0 Å². The molecule has 17 rings (SSSR count). The van der Waals surface area contributed by atoms with Crippen LogP contribution in [0.15, 0.2) is 238 Å². The van der Waals surface area contributed by atoms with E-state index in [1.807, 2.05) is 245 Å². The minimum atomic E-state index is -4.95. The number of nitrogens with zero attached hydrogens (tertiary/aromatic N) is 19. The van der Waals surface area contributed by atoms with E-state index in [1.54, 1.807) is 75.9 Å². The maximum Gasteiger partial charge on any atom is 0.471 e. The molecular weight excluding hydrogens is 1810 g/mol. The molecule has 730 valence electrons. The number of Topliss-reactive ketones (excluding diaryl/α,β-unsaturated/α-hetero) is 1. The molecule has 7 aromatic carbocycles. The van der Waals surface area contributed by atoms with Gasteiger partial charge in [0.25, 0.3) is 17.7 Å². The molecule has 0 aliphatic rings. The number of aromatic nitrogens is 19. The number of ether oxygens (including phenoxy) is 1. The number of halogens is 3. The van der Waals surface area contributed by atoms with Crippen molar-refractivity contribution in [2.24, 2.45) is 0 Å². The summed E-state index contributed by atoms with van der Waals surface area (Å²) in [7, 11) is 0. The number of para-hydroxylation sites is 1. The number of fused-ring (bicyclic) bond motifs is 4. The summed E-state index contributed by atoms with van der Waals surface area (Å²) in [6.07, 6.45) is 7.94. The molecule has 142 heavy (non-hydrogen) atoms. The van der Waals surface area contributed by atoms with Gasteiger partial charge in [0.05, 0.1) is 61.3 Å². The monoisotopic (exact) mass is 1920 g/mol. The lowest BCUT2D eigenvalue weighted by Gasteiger charge is -2.26. The standard InChI is InChI=1S/C29H35N7O3.C26H26F3N7O2.C26H26N8O.C23H24N6O/c1-18-7-11-20(12-8-18)23-22-24(30)33-17-34-25(22)36(35-23)29(5,6)16-32-26(37)21-13-9-19(10-14-21)15-31-27(38)39-28(2,3)4;1-15-4-8-17(9-5-15)20-19-21(30)33-14-34-22(19)36(35-20)25(2,3)13-32-23(37)18-10-6-16(7-11-18)12-31-24(38)26(27,28)29;1-17-8-10-18(11-9-17)22-21-23(27)30-15-31-24(21)34(32-22)26(2,3)14-29-25(35)19-6-4-5-7-20(19)33-13-12-28-16-33;1-15-7-9-16(10-8-15)20-19-21(24)26-14-27-22(19)29(28-20)23(2,3)12-11-18(30)17-6-4-5-13-25-17/h7-14,17H,15-16H2,1-6H3,(H,31,38)(H,32,37)(H2,30,33,34);4-11,14H,12-13H2,1-3H3,(H,31,38)(H,32,37)(H2,30,33,34);4-13,15-16H,14H2,1-3H3,(H,29,35)(H2,27,30,31);4-10,13-14H,11-12H2,1-3H3,(H2,24,26,27). The first kappa shape index (κ1) is 101. The Morgan fingerprint density at radius 2 is 0.718 bits per heavy atom. The Labute approximate surface area is 816 Å². The van der Waals surface area contributed by atoms with Crippen LogP contribution in [-0.4, -0.2) is 160 Å². The van der Waals surface area contributed by atoms with Crippen molar-refractivity contribution in [3.63, 3.8) is 0 Å². The van der Waals surface area contributed by atoms with Crippen LogP contribution in [0.5, 0.6) is 0 Å². The van der Waals surface area contributed by atoms with Crippen molar-refractivity contribution < 1.29 is 46.7 Å². The highest BCUT2D eigenvalue weighted by atomic mass is 19.4. The van der Waals surface area contributed by atoms with Crippen LogP contribution in [0.3, 0.4) is 0 Å². The number of amides is 5. The number of pyridine rings is 1. The number of anilines is 4. The number of nitrogens with one attached hydrogen (secondary N) is 5. The molecule has 0 unspecified atom stereocenters. The van der Waals surface area contributed by atoms with Crippen molar-refractivity contribution in [2.75, 3.05) is 42.6 Å². The van der Waals surface area contributed by atoms with Gasteiger partial charge < -0.3 is 58.8 Å². The number of nitrogens with two attached hydrogens (primary N) is 4. The number of hydrogen-bond donors (Lipinski definition) is 9. The van der Waals surface area contributed by atoms with E-state index in [2.05, 4.69) is 71.1 Å². The summed E-state index contributed by atoms with van der Waals surface area (Å²) in [5.41, 5.74) is 39.2. The first-order chi connectivity index (χ1) is 67.4. The van der Waals surface area contributed by atoms with Gasteiger partial charge in [-0.25, -0.2) is 68.4 Å². The van der Waals surface area contributed by atoms with Crippen molar-refractivity contribution in [3.05, 3.63) is 294 Å². The van der Waals surface area contributed by atoms with E-state index in [0.717, 1.165) is 61.3 Å². The second kappa shape index (κ2) is 42.1. The molecular formula is C104H111F3N28O7. The topological polar surface area (TPSA) is 481 Å². The van der Waals surface area contributed by atoms with Gasteiger partial charge in [-0.1, -0.05) is 162 Å². The highest BCUT2D eigenvalue weighted by Gasteiger charge is 2.39. The van der Waals surface area contributed by atoms with Gasteiger partial charge in [-0.05, 0) is 170 Å². The summed E-state index contributed by atoms with van der Waals surface area (Å²) in [5.74, 6) is -1.41. The largest absolute Gasteiger partial charge is 0.471 e. The molecule has 38 heteroatoms. The van der Waals surface area contributed by atoms with Gasteiger partial charge in [-0.2, -0.15) is 33.6 Å². The maximum absolute atomic E-state index is 13.2. The minimum absolute atomic E-state index is 0.00744. The second-order valence-electron chi connectivity index (χ2n) is 37.7. The quantitative estimate of drug-likeness (QED) is 0.0227. The van der Waals surface area contributed by atoms with Crippen molar-refractivity contribution in [2.45, 2.75) is 164 Å². The van der Waals surface area contributed by atoms with Crippen molar-refractivity contribution in [1.82, 2.24) is 120 Å². The fourth-order valence-electron chi connectivity index (χ4n) is 15.4. The molecule has 0 atom stereocenters. The van der Waals surface area contributed by atoms with E-state index in [1.165, 1.54) is 55.1 Å². The molecule has 13 N–H and O–H groups in total. The number of rotatable bonds is 26. The fraction of sp³-hybridized carbons (Fsp3) is 0.269. The summed E-state index contributed by atoms with van der Waals surface area (Å²) in [4.78, 5) is 117. The van der Waals surface area contributed by atoms with Gasteiger partial charge in [0.1, 0.15) is 82.7 Å². The maximum atomic E-state index is 13.2. The van der Waals surface area contributed by atoms with Crippen molar-refractivity contribution >= 4 is 103 Å². The van der Waals surface area contributed by atoms with E-state index in [9.17, 15) is 41.9 Å². The van der Waals surface area contributed by atoms with Crippen LogP contribution in [0.4, 0.5) is 41.2 Å². The summed E-state index contributed by atoms with van der Waals surface area (Å²) in [6, 6.07) is 57.8. The molecule has 5 amide bonds. The predicted octanol–water partition coefficient (Wildman–Crippen LogP) is 16.2. The third kappa shape index (κ3) is 23.7. The van der Waals surface area contributed by atoms with Crippen LogP contribution in [0.2, 0.25) is 0 Å². The number of carbonyl (C=O) groups is 6. The molecule has 0 saturated carbocycles. The zero-order valence-electron chi connectivity index (χ0n) is 81.3. The number of aryl methyl sites for hydroxylation is 4. The highest BCUT2D eigenvalue weighted by Crippen LogP contribution is 2.40. The Morgan fingerprint density at radius 1 is 0.373 bits per heavy atom. The molecule has 0 saturated heterocycles. The zero-order chi connectivity index (χ0) is 102. The van der Waals surface area contributed by atoms with Crippen LogP contribution in [0.1, 0.15) is 164 Å². The fourth-order valence-corrected chi connectivity index (χ4v) is 15.4. The number of alkyl halides is 3. The van der Waals surface area contributed by atoms with Crippen LogP contribution >= 0.6 is 0 Å². The lowest BCUT2D eigenvalue weighted by Crippen LogP contribution is -2.41. The number of nitrogen functional groups attached to an aromatic ring is 4. The summed E-state index contributed by atoms with van der Waals surface area (Å²) < 4.78 is 51.3. The van der Waals surface area contributed by atoms with E-state index in [0.29, 0.717) is 140 Å². The number of benzene rings is 7. The zero-order valence-corrected chi connectivity index (χ0v) is 81.3. The smallest absolute Gasteiger partial charge is 0.444 e. The lowest BCUT2D eigenvalue weighted by molar-refractivity contribution is -0.173. The molecule has 0 aliphatic heterocycles. The molecule has 0 radical (unpaired) electrons. The van der Waals surface area contributed by atoms with Gasteiger partial charge in [0, 0.05) is 91.1 Å². The van der Waals surface area contributed by atoms with Crippen molar-refractivity contribution in [3.8, 4) is 50.7 Å². The van der Waals surface area contributed by atoms with E-state index >= 15 is 0 Å². The number of carbonyl (C=O) groups excluding carboxylic acids is 6. The second-order valence-corrected chi connectivity index (χ2v) is 37.7. The third-order valence-corrected chi connectivity index (χ3v) is 23.4. The van der Waals surface area contributed by atoms with Crippen LogP contribution < -0.4 is 49.5 Å². The molecule has 0 bridgehead atoms. The lowest BCUT2D eigenvalue weighted by atomic mass is 9.96. The molecule has 0 spiro atoms. The summed E-state index contributed by atoms with van der Waals surface area (Å²) >= 11 is 0. The molecule has 10 heterocycles. The number of ketones is 1. The van der Waals surface area contributed by atoms with E-state index < -0.39 is 45.9 Å². The van der Waals surface area contributed by atoms with Crippen LogP contribution in [0, 0.1) is 27.7 Å². The molecule has 35 nitrogen and oxygen atoms in total. The number of hydrogen-bond acceptors (Lipinski definition) is 25. The molecule has 10 aromatic heterocycles. The number of alkyl carbamates (subject to hydrolysis) is 1. The Bertz CT molecular complexity index is 7420. The third-order valence-electron chi connectivity index (χ3n) is 23.4. The Hall–Kier alpha value is -17.1. The average molecular weight is 1920 g/mol. The first-order valence-electron chi connectivity index (χ1n) is 45.6. The normalized spacial score (nSPS) is 11.8. The van der Waals surface area contributed by atoms with Gasteiger partial charge >= 0.3 is 18.2 Å². The Kier molecular flexibility index (Phi) is 29.9. The SMILES string of the molecule is Cc1ccc(-c2nn(C(C)(C)CCC(=O)c3ccccn3)c3ncnc(N)c23)cc1.Cc1ccc(-c2nn(C(C)(C)CNC(=O)c3ccc(CNC(=O)C(F)(F)F)cc3)c3ncnc(N)c23)cc1.Cc1ccc(-c2nn(C(C)(C)CNC(=O)c3ccc(CNC(=O)OC(C)(C)C)cc3)c3ncnc(N)c23)cc1.Cc1ccc(-c2nn(C(C)(C)CNC(=O)c3ccccc3-n3ccnc3)c3ncnc(N)c23)cc1. The van der Waals surface area contributed by atoms with Crippen LogP contribution in [0.25, 0.3) is 94.9 Å². The van der Waals surface area contributed by atoms with Crippen LogP contribution in [-0.2, 0) is 44.8 Å². The predicted molar refractivity (Wildman–Crippen MR) is 539 cm³/mol. The Balaban J connectivity index is 0.000000151. The molecule has 17 aromatic rings.